The Morgan fingerprint density at radius 1 is 1.00 bits per heavy atom. The van der Waals surface area contributed by atoms with Crippen molar-refractivity contribution in [2.75, 3.05) is 0 Å². The van der Waals surface area contributed by atoms with Crippen LogP contribution in [0.3, 0.4) is 0 Å². The van der Waals surface area contributed by atoms with Gasteiger partial charge in [0.1, 0.15) is 0 Å². The number of aliphatic hydroxyl groups is 1. The highest BCUT2D eigenvalue weighted by atomic mass is 16.3. The van der Waals surface area contributed by atoms with Crippen molar-refractivity contribution in [3.63, 3.8) is 0 Å². The van der Waals surface area contributed by atoms with Crippen LogP contribution in [-0.4, -0.2) is 11.2 Å². The second-order valence-corrected chi connectivity index (χ2v) is 12.8. The summed E-state index contributed by atoms with van der Waals surface area (Å²) in [6.07, 6.45) is 16.7. The average Bonchev–Trinajstić information content (AvgIpc) is 3.08. The van der Waals surface area contributed by atoms with Crippen molar-refractivity contribution in [3.8, 4) is 0 Å². The van der Waals surface area contributed by atoms with Gasteiger partial charge in [0.2, 0.25) is 0 Å². The zero-order valence-corrected chi connectivity index (χ0v) is 21.6. The normalized spacial score (nSPS) is 44.9. The third kappa shape index (κ3) is 3.79. The molecule has 2 fully saturated rings. The molecule has 0 aromatic carbocycles. The predicted molar refractivity (Wildman–Crippen MR) is 133 cm³/mol. The van der Waals surface area contributed by atoms with Gasteiger partial charge in [-0.15, -0.1) is 0 Å². The van der Waals surface area contributed by atoms with Gasteiger partial charge < -0.3 is 5.11 Å². The Hall–Kier alpha value is -0.560. The van der Waals surface area contributed by atoms with E-state index >= 15 is 0 Å². The van der Waals surface area contributed by atoms with Crippen LogP contribution in [0.2, 0.25) is 0 Å². The van der Waals surface area contributed by atoms with Gasteiger partial charge in [-0.25, -0.2) is 0 Å². The maximum Gasteiger partial charge on any atom is 0.0569 e. The Balaban J connectivity index is 1.57. The zero-order chi connectivity index (χ0) is 22.6. The fourth-order valence-electron chi connectivity index (χ4n) is 9.10. The molecule has 0 saturated heterocycles. The van der Waals surface area contributed by atoms with Crippen molar-refractivity contribution >= 4 is 0 Å². The maximum atomic E-state index is 10.5. The van der Waals surface area contributed by atoms with Gasteiger partial charge in [-0.2, -0.15) is 0 Å². The molecule has 4 rings (SSSR count). The van der Waals surface area contributed by atoms with Crippen molar-refractivity contribution < 1.29 is 5.11 Å². The third-order valence-corrected chi connectivity index (χ3v) is 11.2. The largest absolute Gasteiger partial charge is 0.393 e. The van der Waals surface area contributed by atoms with E-state index in [4.69, 9.17) is 0 Å². The smallest absolute Gasteiger partial charge is 0.0569 e. The number of fused-ring (bicyclic) bond motifs is 4. The fraction of sp³-hybridized carbons (Fsp3) is 0.867. The van der Waals surface area contributed by atoms with E-state index in [2.05, 4.69) is 60.6 Å². The number of hydrogen-bond acceptors (Lipinski definition) is 1. The first-order valence-electron chi connectivity index (χ1n) is 13.7. The van der Waals surface area contributed by atoms with Gasteiger partial charge >= 0.3 is 0 Å². The topological polar surface area (TPSA) is 20.2 Å². The summed E-state index contributed by atoms with van der Waals surface area (Å²) < 4.78 is 0. The van der Waals surface area contributed by atoms with Crippen LogP contribution in [0.5, 0.6) is 0 Å². The standard InChI is InChI=1S/C30H50O/c1-8-22(19(2)3)10-9-20(4)24-13-14-26-23-11-12-25-21(5)28(31)16-18-30(25,7)27(23)15-17-29(24,26)6/h9-10,19-22,24-26,28,31H,8,11-18H2,1-7H3/b10-9+/t20-,21+,22?,24-,25+,26+,28+,29-,30+/m1/s1. The van der Waals surface area contributed by atoms with E-state index in [1.807, 2.05) is 11.1 Å². The molecule has 1 unspecified atom stereocenters. The Bertz CT molecular complexity index is 716. The minimum Gasteiger partial charge on any atom is -0.393 e. The van der Waals surface area contributed by atoms with E-state index in [1.165, 1.54) is 51.4 Å². The summed E-state index contributed by atoms with van der Waals surface area (Å²) in [5.74, 6) is 4.99. The molecule has 1 nitrogen and oxygen atoms in total. The highest BCUT2D eigenvalue weighted by molar-refractivity contribution is 5.35. The van der Waals surface area contributed by atoms with E-state index in [9.17, 15) is 5.11 Å². The second kappa shape index (κ2) is 8.66. The lowest BCUT2D eigenvalue weighted by Gasteiger charge is -2.56. The molecule has 1 heteroatoms. The number of hydrogen-bond donors (Lipinski definition) is 1. The summed E-state index contributed by atoms with van der Waals surface area (Å²) in [4.78, 5) is 0. The monoisotopic (exact) mass is 426 g/mol. The molecule has 4 aliphatic carbocycles. The molecule has 9 atom stereocenters. The Kier molecular flexibility index (Phi) is 6.59. The van der Waals surface area contributed by atoms with Crippen molar-refractivity contribution in [1.29, 1.82) is 0 Å². The third-order valence-electron chi connectivity index (χ3n) is 11.2. The van der Waals surface area contributed by atoms with E-state index in [0.717, 1.165) is 30.1 Å². The molecule has 176 valence electrons. The van der Waals surface area contributed by atoms with E-state index in [1.54, 1.807) is 0 Å². The average molecular weight is 427 g/mol. The molecule has 0 amide bonds. The van der Waals surface area contributed by atoms with Gasteiger partial charge in [-0.1, -0.05) is 71.8 Å². The summed E-state index contributed by atoms with van der Waals surface area (Å²) in [5, 5.41) is 10.5. The molecule has 4 aliphatic rings. The molecule has 0 spiro atoms. The van der Waals surface area contributed by atoms with Gasteiger partial charge in [0.25, 0.3) is 0 Å². The lowest BCUT2D eigenvalue weighted by atomic mass is 9.49. The molecule has 0 aromatic heterocycles. The van der Waals surface area contributed by atoms with Crippen molar-refractivity contribution in [2.45, 2.75) is 112 Å². The molecule has 0 bridgehead atoms. The summed E-state index contributed by atoms with van der Waals surface area (Å²) >= 11 is 0. The van der Waals surface area contributed by atoms with Crippen molar-refractivity contribution in [2.24, 2.45) is 52.3 Å². The van der Waals surface area contributed by atoms with Gasteiger partial charge in [0.05, 0.1) is 6.10 Å². The SMILES string of the molecule is CCC(/C=C/[C@@H](C)[C@H]1CC[C@H]2C3=C(CC[C@]12C)[C@@]1(C)CC[C@H](O)[C@@H](C)[C@@H]1CC3)C(C)C. The first-order chi connectivity index (χ1) is 14.6. The molecule has 1 N–H and O–H groups in total. The quantitative estimate of drug-likeness (QED) is 0.439. The first-order valence-corrected chi connectivity index (χ1v) is 13.7. The molecule has 2 saturated carbocycles. The van der Waals surface area contributed by atoms with Crippen molar-refractivity contribution in [3.05, 3.63) is 23.3 Å². The summed E-state index contributed by atoms with van der Waals surface area (Å²) in [7, 11) is 0. The molecular formula is C30H50O. The van der Waals surface area contributed by atoms with Crippen LogP contribution in [-0.2, 0) is 0 Å². The number of aliphatic hydroxyl groups excluding tert-OH is 1. The van der Waals surface area contributed by atoms with Gasteiger partial charge in [0.15, 0.2) is 0 Å². The summed E-state index contributed by atoms with van der Waals surface area (Å²) in [6.45, 7) is 17.1. The molecule has 31 heavy (non-hydrogen) atoms. The molecule has 0 aromatic rings. The molecule has 0 radical (unpaired) electrons. The van der Waals surface area contributed by atoms with Crippen LogP contribution >= 0.6 is 0 Å². The second-order valence-electron chi connectivity index (χ2n) is 12.8. The lowest BCUT2D eigenvalue weighted by molar-refractivity contribution is -0.0332. The predicted octanol–water partition coefficient (Wildman–Crippen LogP) is 8.19. The van der Waals surface area contributed by atoms with Crippen LogP contribution in [0.4, 0.5) is 0 Å². The maximum absolute atomic E-state index is 10.5. The summed E-state index contributed by atoms with van der Waals surface area (Å²) in [6, 6.07) is 0. The van der Waals surface area contributed by atoms with Crippen LogP contribution in [0.25, 0.3) is 0 Å². The van der Waals surface area contributed by atoms with Gasteiger partial charge in [-0.3, -0.25) is 0 Å². The van der Waals surface area contributed by atoms with Gasteiger partial charge in [0, 0.05) is 0 Å². The first kappa shape index (κ1) is 23.6. The lowest BCUT2D eigenvalue weighted by Crippen LogP contribution is -2.49. The Labute approximate surface area is 193 Å². The highest BCUT2D eigenvalue weighted by Crippen LogP contribution is 2.66. The van der Waals surface area contributed by atoms with E-state index in [-0.39, 0.29) is 6.10 Å². The van der Waals surface area contributed by atoms with Crippen LogP contribution in [0.15, 0.2) is 23.3 Å². The summed E-state index contributed by atoms with van der Waals surface area (Å²) in [5.41, 5.74) is 4.61. The zero-order valence-electron chi connectivity index (χ0n) is 21.6. The van der Waals surface area contributed by atoms with Crippen LogP contribution in [0.1, 0.15) is 106 Å². The Morgan fingerprint density at radius 3 is 2.42 bits per heavy atom. The number of allylic oxidation sites excluding steroid dienone is 4. The molecular weight excluding hydrogens is 376 g/mol. The fourth-order valence-corrected chi connectivity index (χ4v) is 9.10. The minimum absolute atomic E-state index is 0.0737. The van der Waals surface area contributed by atoms with Crippen molar-refractivity contribution in [1.82, 2.24) is 0 Å². The van der Waals surface area contributed by atoms with Crippen LogP contribution in [0, 0.1) is 52.3 Å². The minimum atomic E-state index is -0.0737. The highest BCUT2D eigenvalue weighted by Gasteiger charge is 2.56. The number of rotatable bonds is 5. The van der Waals surface area contributed by atoms with Gasteiger partial charge in [-0.05, 0) is 110 Å². The van der Waals surface area contributed by atoms with Crippen LogP contribution < -0.4 is 0 Å². The van der Waals surface area contributed by atoms with E-state index < -0.39 is 0 Å². The Morgan fingerprint density at radius 2 is 1.74 bits per heavy atom. The molecule has 0 heterocycles. The van der Waals surface area contributed by atoms with E-state index in [0.29, 0.717) is 28.6 Å². The molecule has 0 aliphatic heterocycles.